The quantitative estimate of drug-likeness (QED) is 0.645. The second kappa shape index (κ2) is 9.03. The van der Waals surface area contributed by atoms with Gasteiger partial charge in [0.2, 0.25) is 11.8 Å². The fraction of sp³-hybridized carbons (Fsp3) is 0.273. The first-order chi connectivity index (χ1) is 13.1. The average Bonchev–Trinajstić information content (AvgIpc) is 3.19. The van der Waals surface area contributed by atoms with Crippen LogP contribution in [0.2, 0.25) is 0 Å². The SMILES string of the molecule is CC(CCc1ccco1)NC(=O)CNC(=O)Cc1cccc2ccccc12. The van der Waals surface area contributed by atoms with Crippen LogP contribution in [-0.4, -0.2) is 24.4 Å². The Morgan fingerprint density at radius 3 is 2.63 bits per heavy atom. The van der Waals surface area contributed by atoms with Crippen molar-refractivity contribution in [2.45, 2.75) is 32.2 Å². The minimum Gasteiger partial charge on any atom is -0.469 e. The lowest BCUT2D eigenvalue weighted by molar-refractivity contribution is -0.126. The molecule has 3 aromatic rings. The minimum absolute atomic E-state index is 0.0116. The molecule has 2 aromatic carbocycles. The lowest BCUT2D eigenvalue weighted by atomic mass is 10.0. The van der Waals surface area contributed by atoms with E-state index in [4.69, 9.17) is 4.42 Å². The molecule has 27 heavy (non-hydrogen) atoms. The number of furan rings is 1. The van der Waals surface area contributed by atoms with Crippen LogP contribution in [0.4, 0.5) is 0 Å². The van der Waals surface area contributed by atoms with E-state index in [-0.39, 0.29) is 30.8 Å². The van der Waals surface area contributed by atoms with E-state index in [9.17, 15) is 9.59 Å². The Balaban J connectivity index is 1.43. The van der Waals surface area contributed by atoms with Crippen molar-refractivity contribution in [2.75, 3.05) is 6.54 Å². The third kappa shape index (κ3) is 5.45. The summed E-state index contributed by atoms with van der Waals surface area (Å²) >= 11 is 0. The van der Waals surface area contributed by atoms with Crippen LogP contribution >= 0.6 is 0 Å². The predicted octanol–water partition coefficient (Wildman–Crippen LogP) is 3.23. The highest BCUT2D eigenvalue weighted by Gasteiger charge is 2.11. The summed E-state index contributed by atoms with van der Waals surface area (Å²) in [6.45, 7) is 1.92. The number of hydrogen-bond acceptors (Lipinski definition) is 3. The normalized spacial score (nSPS) is 11.9. The van der Waals surface area contributed by atoms with Gasteiger partial charge in [0.1, 0.15) is 5.76 Å². The van der Waals surface area contributed by atoms with Gasteiger partial charge in [-0.2, -0.15) is 0 Å². The predicted molar refractivity (Wildman–Crippen MR) is 105 cm³/mol. The lowest BCUT2D eigenvalue weighted by Crippen LogP contribution is -2.41. The van der Waals surface area contributed by atoms with Crippen LogP contribution < -0.4 is 10.6 Å². The smallest absolute Gasteiger partial charge is 0.239 e. The van der Waals surface area contributed by atoms with E-state index in [2.05, 4.69) is 10.6 Å². The average molecular weight is 364 g/mol. The maximum Gasteiger partial charge on any atom is 0.239 e. The number of nitrogens with one attached hydrogen (secondary N) is 2. The Labute approximate surface area is 158 Å². The van der Waals surface area contributed by atoms with Crippen LogP contribution in [-0.2, 0) is 22.4 Å². The lowest BCUT2D eigenvalue weighted by Gasteiger charge is -2.14. The monoisotopic (exact) mass is 364 g/mol. The molecule has 5 nitrogen and oxygen atoms in total. The first-order valence-corrected chi connectivity index (χ1v) is 9.17. The molecule has 140 valence electrons. The van der Waals surface area contributed by atoms with Gasteiger partial charge in [-0.1, -0.05) is 42.5 Å². The van der Waals surface area contributed by atoms with Gasteiger partial charge in [-0.25, -0.2) is 0 Å². The molecule has 0 spiro atoms. The van der Waals surface area contributed by atoms with E-state index in [1.807, 2.05) is 61.5 Å². The van der Waals surface area contributed by atoms with Crippen molar-refractivity contribution in [1.82, 2.24) is 10.6 Å². The molecular weight excluding hydrogens is 340 g/mol. The summed E-state index contributed by atoms with van der Waals surface area (Å²) in [4.78, 5) is 24.3. The van der Waals surface area contributed by atoms with E-state index < -0.39 is 0 Å². The molecule has 0 radical (unpaired) electrons. The van der Waals surface area contributed by atoms with E-state index in [0.717, 1.165) is 34.9 Å². The Morgan fingerprint density at radius 2 is 1.81 bits per heavy atom. The first-order valence-electron chi connectivity index (χ1n) is 9.17. The van der Waals surface area contributed by atoms with Crippen LogP contribution in [0.5, 0.6) is 0 Å². The molecule has 0 fully saturated rings. The summed E-state index contributed by atoms with van der Waals surface area (Å²) < 4.78 is 5.29. The second-order valence-corrected chi connectivity index (χ2v) is 6.68. The zero-order chi connectivity index (χ0) is 19.1. The number of rotatable bonds is 8. The Bertz CT molecular complexity index is 898. The molecule has 1 atom stereocenters. The molecule has 1 unspecified atom stereocenters. The van der Waals surface area contributed by atoms with Crippen molar-refractivity contribution in [1.29, 1.82) is 0 Å². The maximum absolute atomic E-state index is 12.2. The van der Waals surface area contributed by atoms with Gasteiger partial charge < -0.3 is 15.1 Å². The van der Waals surface area contributed by atoms with Crippen LogP contribution in [0.25, 0.3) is 10.8 Å². The van der Waals surface area contributed by atoms with Crippen LogP contribution in [0.3, 0.4) is 0 Å². The first kappa shape index (κ1) is 18.7. The van der Waals surface area contributed by atoms with Gasteiger partial charge >= 0.3 is 0 Å². The zero-order valence-corrected chi connectivity index (χ0v) is 15.4. The summed E-state index contributed by atoms with van der Waals surface area (Å²) in [5, 5.41) is 7.76. The largest absolute Gasteiger partial charge is 0.469 e. The van der Waals surface area contributed by atoms with Crippen LogP contribution in [0.15, 0.2) is 65.3 Å². The summed E-state index contributed by atoms with van der Waals surface area (Å²) in [6, 6.07) is 17.7. The number of aryl methyl sites for hydroxylation is 1. The minimum atomic E-state index is -0.187. The summed E-state index contributed by atoms with van der Waals surface area (Å²) in [6.07, 6.45) is 3.44. The molecule has 2 amide bonds. The molecule has 1 heterocycles. The van der Waals surface area contributed by atoms with E-state index in [1.54, 1.807) is 6.26 Å². The van der Waals surface area contributed by atoms with E-state index in [0.29, 0.717) is 0 Å². The van der Waals surface area contributed by atoms with Crippen molar-refractivity contribution in [2.24, 2.45) is 0 Å². The summed E-state index contributed by atoms with van der Waals surface area (Å²) in [7, 11) is 0. The summed E-state index contributed by atoms with van der Waals surface area (Å²) in [5.74, 6) is 0.553. The number of carbonyl (C=O) groups excluding carboxylic acids is 2. The fourth-order valence-corrected chi connectivity index (χ4v) is 3.07. The number of carbonyl (C=O) groups is 2. The van der Waals surface area contributed by atoms with Gasteiger partial charge in [-0.3, -0.25) is 9.59 Å². The van der Waals surface area contributed by atoms with Crippen molar-refractivity contribution in [3.8, 4) is 0 Å². The van der Waals surface area contributed by atoms with Gasteiger partial charge in [0.05, 0.1) is 19.2 Å². The van der Waals surface area contributed by atoms with Crippen molar-refractivity contribution >= 4 is 22.6 Å². The highest BCUT2D eigenvalue weighted by molar-refractivity contribution is 5.91. The van der Waals surface area contributed by atoms with Gasteiger partial charge in [-0.15, -0.1) is 0 Å². The van der Waals surface area contributed by atoms with E-state index >= 15 is 0 Å². The molecule has 0 bridgehead atoms. The number of fused-ring (bicyclic) bond motifs is 1. The summed E-state index contributed by atoms with van der Waals surface area (Å²) in [5.41, 5.74) is 0.956. The molecular formula is C22H24N2O3. The van der Waals surface area contributed by atoms with Gasteiger partial charge in [0.15, 0.2) is 0 Å². The highest BCUT2D eigenvalue weighted by Crippen LogP contribution is 2.18. The molecule has 0 saturated carbocycles. The number of amides is 2. The third-order valence-electron chi connectivity index (χ3n) is 4.49. The molecule has 3 rings (SSSR count). The topological polar surface area (TPSA) is 71.3 Å². The number of benzene rings is 2. The fourth-order valence-electron chi connectivity index (χ4n) is 3.07. The third-order valence-corrected chi connectivity index (χ3v) is 4.49. The highest BCUT2D eigenvalue weighted by atomic mass is 16.3. The van der Waals surface area contributed by atoms with Crippen LogP contribution in [0, 0.1) is 0 Å². The van der Waals surface area contributed by atoms with Crippen LogP contribution in [0.1, 0.15) is 24.7 Å². The molecule has 0 aliphatic carbocycles. The number of hydrogen-bond donors (Lipinski definition) is 2. The van der Waals surface area contributed by atoms with Gasteiger partial charge in [-0.05, 0) is 41.8 Å². The van der Waals surface area contributed by atoms with E-state index in [1.165, 1.54) is 0 Å². The van der Waals surface area contributed by atoms with Crippen molar-refractivity contribution in [3.05, 3.63) is 72.2 Å². The van der Waals surface area contributed by atoms with Crippen molar-refractivity contribution in [3.63, 3.8) is 0 Å². The Morgan fingerprint density at radius 1 is 1.00 bits per heavy atom. The molecule has 0 saturated heterocycles. The van der Waals surface area contributed by atoms with Gasteiger partial charge in [0, 0.05) is 12.5 Å². The zero-order valence-electron chi connectivity index (χ0n) is 15.4. The molecule has 0 aliphatic heterocycles. The standard InChI is InChI=1S/C22H24N2O3/c1-16(11-12-19-9-5-13-27-19)24-22(26)15-23-21(25)14-18-8-4-7-17-6-2-3-10-20(17)18/h2-10,13,16H,11-12,14-15H2,1H3,(H,23,25)(H,24,26). The van der Waals surface area contributed by atoms with Crippen molar-refractivity contribution < 1.29 is 14.0 Å². The molecule has 0 aliphatic rings. The van der Waals surface area contributed by atoms with Gasteiger partial charge in [0.25, 0.3) is 0 Å². The maximum atomic E-state index is 12.2. The molecule has 1 aromatic heterocycles. The molecule has 2 N–H and O–H groups in total. The second-order valence-electron chi connectivity index (χ2n) is 6.68. The Hall–Kier alpha value is -3.08. The molecule has 5 heteroatoms. The Kier molecular flexibility index (Phi) is 6.26.